The van der Waals surface area contributed by atoms with Crippen LogP contribution in [-0.4, -0.2) is 18.3 Å². The van der Waals surface area contributed by atoms with Gasteiger partial charge in [-0.2, -0.15) is 0 Å². The number of primary amides is 1. The number of nitrogens with two attached hydrogens (primary N) is 1. The van der Waals surface area contributed by atoms with Crippen molar-refractivity contribution in [2.75, 3.05) is 6.61 Å². The summed E-state index contributed by atoms with van der Waals surface area (Å²) in [6.45, 7) is 0.112. The summed E-state index contributed by atoms with van der Waals surface area (Å²) >= 11 is 0. The number of ketones is 1. The molecule has 0 unspecified atom stereocenters. The monoisotopic (exact) mass is 283 g/mol. The van der Waals surface area contributed by atoms with Crippen LogP contribution in [0.2, 0.25) is 0 Å². The highest BCUT2D eigenvalue weighted by Crippen LogP contribution is 2.31. The number of hydrogen-bond acceptors (Lipinski definition) is 4. The number of fused-ring (bicyclic) bond motifs is 2. The molecule has 2 aromatic carbocycles. The van der Waals surface area contributed by atoms with Gasteiger partial charge in [-0.25, -0.2) is 0 Å². The third-order valence-corrected chi connectivity index (χ3v) is 3.22. The number of carbonyl (C=O) groups is 2. The quantitative estimate of drug-likeness (QED) is 0.929. The lowest BCUT2D eigenvalue weighted by atomic mass is 9.99. The van der Waals surface area contributed by atoms with Crippen LogP contribution in [-0.2, 0) is 11.4 Å². The Bertz CT molecular complexity index is 724. The molecule has 3 rings (SSSR count). The van der Waals surface area contributed by atoms with E-state index in [1.165, 1.54) is 0 Å². The summed E-state index contributed by atoms with van der Waals surface area (Å²) in [5.41, 5.74) is 6.92. The molecule has 0 bridgehead atoms. The van der Waals surface area contributed by atoms with Gasteiger partial charge in [0.1, 0.15) is 18.1 Å². The summed E-state index contributed by atoms with van der Waals surface area (Å²) in [6.07, 6.45) is 0. The van der Waals surface area contributed by atoms with Crippen LogP contribution in [0.3, 0.4) is 0 Å². The Labute approximate surface area is 121 Å². The van der Waals surface area contributed by atoms with Crippen molar-refractivity contribution >= 4 is 11.7 Å². The van der Waals surface area contributed by atoms with Gasteiger partial charge < -0.3 is 15.2 Å². The van der Waals surface area contributed by atoms with Crippen molar-refractivity contribution in [2.24, 2.45) is 5.73 Å². The molecule has 21 heavy (non-hydrogen) atoms. The van der Waals surface area contributed by atoms with E-state index in [0.29, 0.717) is 29.2 Å². The summed E-state index contributed by atoms with van der Waals surface area (Å²) in [7, 11) is 0. The number of benzene rings is 2. The molecule has 0 saturated heterocycles. The molecule has 106 valence electrons. The maximum absolute atomic E-state index is 12.6. The molecular formula is C16H13NO4. The minimum absolute atomic E-state index is 0.123. The van der Waals surface area contributed by atoms with Crippen molar-refractivity contribution < 1.29 is 19.1 Å². The second kappa shape index (κ2) is 5.28. The lowest BCUT2D eigenvalue weighted by molar-refractivity contribution is -0.119. The average molecular weight is 283 g/mol. The van der Waals surface area contributed by atoms with E-state index < -0.39 is 5.91 Å². The molecule has 0 spiro atoms. The molecule has 2 N–H and O–H groups in total. The van der Waals surface area contributed by atoms with Crippen molar-refractivity contribution in [1.29, 1.82) is 0 Å². The fraction of sp³-hybridized carbons (Fsp3) is 0.125. The molecule has 1 amide bonds. The molecular weight excluding hydrogens is 270 g/mol. The summed E-state index contributed by atoms with van der Waals surface area (Å²) in [6, 6.07) is 12.2. The van der Waals surface area contributed by atoms with E-state index in [1.807, 2.05) is 18.2 Å². The molecule has 5 heteroatoms. The van der Waals surface area contributed by atoms with Crippen molar-refractivity contribution in [3.8, 4) is 11.5 Å². The highest BCUT2D eigenvalue weighted by molar-refractivity contribution is 6.12. The van der Waals surface area contributed by atoms with E-state index >= 15 is 0 Å². The normalized spacial score (nSPS) is 12.7. The Hall–Kier alpha value is -2.82. The van der Waals surface area contributed by atoms with E-state index in [9.17, 15) is 9.59 Å². The second-order valence-electron chi connectivity index (χ2n) is 4.69. The smallest absolute Gasteiger partial charge is 0.255 e. The van der Waals surface area contributed by atoms with Crippen LogP contribution in [0.1, 0.15) is 21.5 Å². The first kappa shape index (κ1) is 13.2. The second-order valence-corrected chi connectivity index (χ2v) is 4.69. The predicted octanol–water partition coefficient (Wildman–Crippen LogP) is 1.67. The topological polar surface area (TPSA) is 78.6 Å². The van der Waals surface area contributed by atoms with E-state index in [-0.39, 0.29) is 12.4 Å². The number of carbonyl (C=O) groups excluding carboxylic acids is 2. The van der Waals surface area contributed by atoms with Crippen LogP contribution >= 0.6 is 0 Å². The van der Waals surface area contributed by atoms with Crippen molar-refractivity contribution in [1.82, 2.24) is 0 Å². The van der Waals surface area contributed by atoms with Gasteiger partial charge >= 0.3 is 0 Å². The van der Waals surface area contributed by atoms with Gasteiger partial charge in [0.15, 0.2) is 12.4 Å². The molecule has 2 aromatic rings. The summed E-state index contributed by atoms with van der Waals surface area (Å²) in [5, 5.41) is 0. The van der Waals surface area contributed by atoms with Crippen molar-refractivity contribution in [3.63, 3.8) is 0 Å². The molecule has 1 aliphatic heterocycles. The first-order valence-electron chi connectivity index (χ1n) is 6.46. The van der Waals surface area contributed by atoms with E-state index in [4.69, 9.17) is 15.2 Å². The van der Waals surface area contributed by atoms with Gasteiger partial charge in [0, 0.05) is 11.1 Å². The minimum atomic E-state index is -0.571. The van der Waals surface area contributed by atoms with Gasteiger partial charge in [-0.05, 0) is 18.2 Å². The Balaban J connectivity index is 1.98. The summed E-state index contributed by atoms with van der Waals surface area (Å²) in [5.74, 6) is 0.215. The largest absolute Gasteiger partial charge is 0.488 e. The number of rotatable bonds is 3. The SMILES string of the molecule is NC(=O)COc1ccc2c(c1)C(=O)c1ccccc1CO2. The van der Waals surface area contributed by atoms with Gasteiger partial charge in [-0.15, -0.1) is 0 Å². The molecule has 1 aliphatic rings. The molecule has 1 heterocycles. The zero-order chi connectivity index (χ0) is 14.8. The van der Waals surface area contributed by atoms with E-state index in [1.54, 1.807) is 24.3 Å². The maximum atomic E-state index is 12.6. The third-order valence-electron chi connectivity index (χ3n) is 3.22. The molecule has 0 aromatic heterocycles. The highest BCUT2D eigenvalue weighted by Gasteiger charge is 2.22. The standard InChI is InChI=1S/C16H13NO4/c17-15(18)9-20-11-5-6-14-13(7-11)16(19)12-4-2-1-3-10(12)8-21-14/h1-7H,8-9H2,(H2,17,18). The Morgan fingerprint density at radius 1 is 1.19 bits per heavy atom. The fourth-order valence-electron chi connectivity index (χ4n) is 2.22. The fourth-order valence-corrected chi connectivity index (χ4v) is 2.22. The van der Waals surface area contributed by atoms with Crippen LogP contribution in [0.4, 0.5) is 0 Å². The molecule has 0 saturated carbocycles. The van der Waals surface area contributed by atoms with E-state index in [2.05, 4.69) is 0 Å². The minimum Gasteiger partial charge on any atom is -0.488 e. The van der Waals surface area contributed by atoms with Crippen molar-refractivity contribution in [3.05, 3.63) is 59.2 Å². The van der Waals surface area contributed by atoms with Gasteiger partial charge in [-0.1, -0.05) is 24.3 Å². The van der Waals surface area contributed by atoms with Gasteiger partial charge in [0.2, 0.25) is 0 Å². The molecule has 5 nitrogen and oxygen atoms in total. The van der Waals surface area contributed by atoms with Crippen LogP contribution in [0.25, 0.3) is 0 Å². The van der Waals surface area contributed by atoms with Gasteiger partial charge in [0.05, 0.1) is 5.56 Å². The number of hydrogen-bond donors (Lipinski definition) is 1. The lowest BCUT2D eigenvalue weighted by Crippen LogP contribution is -2.20. The van der Waals surface area contributed by atoms with Crippen LogP contribution in [0.5, 0.6) is 11.5 Å². The average Bonchev–Trinajstić information content (AvgIpc) is 2.63. The summed E-state index contributed by atoms with van der Waals surface area (Å²) in [4.78, 5) is 23.3. The first-order valence-corrected chi connectivity index (χ1v) is 6.46. The zero-order valence-electron chi connectivity index (χ0n) is 11.2. The molecule has 0 atom stereocenters. The Morgan fingerprint density at radius 3 is 2.81 bits per heavy atom. The molecule has 0 radical (unpaired) electrons. The zero-order valence-corrected chi connectivity index (χ0v) is 11.2. The third kappa shape index (κ3) is 2.58. The van der Waals surface area contributed by atoms with Crippen molar-refractivity contribution in [2.45, 2.75) is 6.61 Å². The first-order chi connectivity index (χ1) is 10.1. The summed E-state index contributed by atoms with van der Waals surface area (Å²) < 4.78 is 10.9. The number of ether oxygens (including phenoxy) is 2. The highest BCUT2D eigenvalue weighted by atomic mass is 16.5. The molecule has 0 aliphatic carbocycles. The maximum Gasteiger partial charge on any atom is 0.255 e. The predicted molar refractivity (Wildman–Crippen MR) is 75.3 cm³/mol. The van der Waals surface area contributed by atoms with Crippen LogP contribution in [0, 0.1) is 0 Å². The Kier molecular flexibility index (Phi) is 3.31. The van der Waals surface area contributed by atoms with Crippen LogP contribution < -0.4 is 15.2 Å². The van der Waals surface area contributed by atoms with Gasteiger partial charge in [-0.3, -0.25) is 9.59 Å². The molecule has 0 fully saturated rings. The lowest BCUT2D eigenvalue weighted by Gasteiger charge is -2.09. The van der Waals surface area contributed by atoms with Crippen LogP contribution in [0.15, 0.2) is 42.5 Å². The van der Waals surface area contributed by atoms with Gasteiger partial charge in [0.25, 0.3) is 5.91 Å². The number of amides is 1. The Morgan fingerprint density at radius 2 is 2.00 bits per heavy atom. The van der Waals surface area contributed by atoms with E-state index in [0.717, 1.165) is 5.56 Å².